The van der Waals surface area contributed by atoms with Gasteiger partial charge < -0.3 is 48.5 Å². The van der Waals surface area contributed by atoms with Crippen molar-refractivity contribution in [1.82, 2.24) is 16.0 Å². The molecule has 38 heavy (non-hydrogen) atoms. The topological polar surface area (TPSA) is 273 Å². The summed E-state index contributed by atoms with van der Waals surface area (Å²) in [7, 11) is 0. The number of guanidine groups is 1. The predicted molar refractivity (Wildman–Crippen MR) is 135 cm³/mol. The molecule has 1 aromatic carbocycles. The monoisotopic (exact) mass is 537 g/mol. The zero-order chi connectivity index (χ0) is 28.7. The highest BCUT2D eigenvalue weighted by Gasteiger charge is 2.30. The minimum Gasteiger partial charge on any atom is -0.481 e. The highest BCUT2D eigenvalue weighted by Crippen LogP contribution is 2.05. The standard InChI is InChI=1S/C23H35N7O8/c24-14(11-13-5-2-1-3-6-13)19(34)30-17(12-31)21(36)28-15(8-9-18(32)33)20(35)29-16(22(37)38)7-4-10-27-23(25)26/h1-3,5-6,14-17,31H,4,7-12,24H2,(H,28,36)(H,29,35)(H,30,34)(H,32,33)(H,37,38)(H4,25,26,27). The first-order valence-corrected chi connectivity index (χ1v) is 11.8. The van der Waals surface area contributed by atoms with Crippen molar-refractivity contribution in [1.29, 1.82) is 0 Å². The Morgan fingerprint density at radius 3 is 1.97 bits per heavy atom. The first kappa shape index (κ1) is 31.8. The van der Waals surface area contributed by atoms with Crippen LogP contribution in [-0.4, -0.2) is 88.3 Å². The van der Waals surface area contributed by atoms with Gasteiger partial charge in [0.05, 0.1) is 12.6 Å². The molecule has 3 amide bonds. The summed E-state index contributed by atoms with van der Waals surface area (Å²) < 4.78 is 0. The van der Waals surface area contributed by atoms with E-state index in [2.05, 4.69) is 20.9 Å². The van der Waals surface area contributed by atoms with Crippen molar-refractivity contribution in [2.75, 3.05) is 13.2 Å². The first-order chi connectivity index (χ1) is 17.9. The summed E-state index contributed by atoms with van der Waals surface area (Å²) in [6.07, 6.45) is -0.587. The van der Waals surface area contributed by atoms with Gasteiger partial charge in [0.1, 0.15) is 18.1 Å². The fourth-order valence-corrected chi connectivity index (χ4v) is 3.28. The number of carbonyl (C=O) groups is 5. The number of benzene rings is 1. The second-order valence-corrected chi connectivity index (χ2v) is 8.38. The maximum atomic E-state index is 12.8. The molecule has 0 heterocycles. The molecule has 0 aromatic heterocycles. The molecule has 0 bridgehead atoms. The van der Waals surface area contributed by atoms with Gasteiger partial charge in [0.15, 0.2) is 5.96 Å². The molecule has 4 atom stereocenters. The summed E-state index contributed by atoms with van der Waals surface area (Å²) in [5.41, 5.74) is 17.1. The molecule has 0 spiro atoms. The zero-order valence-electron chi connectivity index (χ0n) is 20.7. The number of carboxylic acid groups (broad SMARTS) is 2. The Morgan fingerprint density at radius 1 is 0.842 bits per heavy atom. The Labute approximate surface area is 218 Å². The van der Waals surface area contributed by atoms with Crippen molar-refractivity contribution in [2.45, 2.75) is 56.3 Å². The van der Waals surface area contributed by atoms with Crippen molar-refractivity contribution < 1.29 is 39.3 Å². The highest BCUT2D eigenvalue weighted by molar-refractivity contribution is 5.94. The van der Waals surface area contributed by atoms with Crippen LogP contribution in [0.2, 0.25) is 0 Å². The lowest BCUT2D eigenvalue weighted by Crippen LogP contribution is -2.58. The number of nitrogens with one attached hydrogen (secondary N) is 3. The molecule has 1 rings (SSSR count). The van der Waals surface area contributed by atoms with Gasteiger partial charge in [-0.25, -0.2) is 4.79 Å². The average molecular weight is 538 g/mol. The maximum absolute atomic E-state index is 12.8. The van der Waals surface area contributed by atoms with Crippen LogP contribution >= 0.6 is 0 Å². The number of aliphatic carboxylic acids is 2. The van der Waals surface area contributed by atoms with E-state index < -0.39 is 66.9 Å². The lowest BCUT2D eigenvalue weighted by Gasteiger charge is -2.24. The predicted octanol–water partition coefficient (Wildman–Crippen LogP) is -2.99. The minimum absolute atomic E-state index is 0.0495. The van der Waals surface area contributed by atoms with Crippen LogP contribution in [-0.2, 0) is 30.4 Å². The molecule has 4 unspecified atom stereocenters. The third-order valence-electron chi connectivity index (χ3n) is 5.29. The van der Waals surface area contributed by atoms with Crippen molar-refractivity contribution in [3.05, 3.63) is 35.9 Å². The first-order valence-electron chi connectivity index (χ1n) is 11.8. The van der Waals surface area contributed by atoms with Crippen molar-refractivity contribution >= 4 is 35.6 Å². The fraction of sp³-hybridized carbons (Fsp3) is 0.478. The Balaban J connectivity index is 2.85. The average Bonchev–Trinajstić information content (AvgIpc) is 2.86. The van der Waals surface area contributed by atoms with Gasteiger partial charge in [-0.05, 0) is 31.2 Å². The number of aliphatic hydroxyl groups is 1. The summed E-state index contributed by atoms with van der Waals surface area (Å²) in [6, 6.07) is 3.48. The Kier molecular flexibility index (Phi) is 13.8. The maximum Gasteiger partial charge on any atom is 0.326 e. The van der Waals surface area contributed by atoms with Gasteiger partial charge in [-0.1, -0.05) is 30.3 Å². The van der Waals surface area contributed by atoms with Gasteiger partial charge in [0, 0.05) is 13.0 Å². The number of hydrogen-bond donors (Lipinski definition) is 9. The molecule has 12 N–H and O–H groups in total. The third-order valence-corrected chi connectivity index (χ3v) is 5.29. The second kappa shape index (κ2) is 16.5. The number of hydrogen-bond acceptors (Lipinski definition) is 8. The smallest absolute Gasteiger partial charge is 0.326 e. The molecule has 0 saturated heterocycles. The van der Waals surface area contributed by atoms with E-state index in [4.69, 9.17) is 22.3 Å². The van der Waals surface area contributed by atoms with Crippen LogP contribution < -0.4 is 33.2 Å². The van der Waals surface area contributed by atoms with Crippen molar-refractivity contribution in [2.24, 2.45) is 22.2 Å². The lowest BCUT2D eigenvalue weighted by atomic mass is 10.1. The second-order valence-electron chi connectivity index (χ2n) is 8.38. The number of aliphatic imine (C=N–C) groups is 1. The summed E-state index contributed by atoms with van der Waals surface area (Å²) in [4.78, 5) is 64.3. The van der Waals surface area contributed by atoms with E-state index in [0.29, 0.717) is 0 Å². The summed E-state index contributed by atoms with van der Waals surface area (Å²) in [5.74, 6) is -5.48. The molecule has 15 nitrogen and oxygen atoms in total. The van der Waals surface area contributed by atoms with E-state index in [9.17, 15) is 34.2 Å². The normalized spacial score (nSPS) is 13.7. The largest absolute Gasteiger partial charge is 0.481 e. The molecule has 0 aliphatic carbocycles. The lowest BCUT2D eigenvalue weighted by molar-refractivity contribution is -0.143. The van der Waals surface area contributed by atoms with Gasteiger partial charge in [0.2, 0.25) is 17.7 Å². The molecular weight excluding hydrogens is 502 g/mol. The van der Waals surface area contributed by atoms with Crippen LogP contribution in [0.25, 0.3) is 0 Å². The third kappa shape index (κ3) is 12.1. The zero-order valence-corrected chi connectivity index (χ0v) is 20.7. The molecular formula is C23H35N7O8. The van der Waals surface area contributed by atoms with Crippen LogP contribution in [0.3, 0.4) is 0 Å². The van der Waals surface area contributed by atoms with Gasteiger partial charge in [-0.3, -0.25) is 24.2 Å². The van der Waals surface area contributed by atoms with E-state index in [-0.39, 0.29) is 38.2 Å². The van der Waals surface area contributed by atoms with Gasteiger partial charge in [-0.2, -0.15) is 0 Å². The molecule has 0 saturated carbocycles. The molecule has 210 valence electrons. The number of nitrogens with zero attached hydrogens (tertiary/aromatic N) is 1. The number of aliphatic hydroxyl groups excluding tert-OH is 1. The molecule has 15 heteroatoms. The highest BCUT2D eigenvalue weighted by atomic mass is 16.4. The van der Waals surface area contributed by atoms with E-state index in [1.165, 1.54) is 0 Å². The molecule has 0 radical (unpaired) electrons. The number of carbonyl (C=O) groups excluding carboxylic acids is 3. The number of amides is 3. The number of nitrogens with two attached hydrogens (primary N) is 3. The molecule has 1 aromatic rings. The van der Waals surface area contributed by atoms with Gasteiger partial charge in [-0.15, -0.1) is 0 Å². The Bertz CT molecular complexity index is 985. The summed E-state index contributed by atoms with van der Waals surface area (Å²) in [5, 5.41) is 34.9. The van der Waals surface area contributed by atoms with E-state index in [1.807, 2.05) is 0 Å². The van der Waals surface area contributed by atoms with Crippen LogP contribution in [0.1, 0.15) is 31.2 Å². The van der Waals surface area contributed by atoms with Crippen molar-refractivity contribution in [3.8, 4) is 0 Å². The quantitative estimate of drug-likeness (QED) is 0.0548. The Morgan fingerprint density at radius 2 is 1.42 bits per heavy atom. The van der Waals surface area contributed by atoms with Crippen LogP contribution in [0.4, 0.5) is 0 Å². The fourth-order valence-electron chi connectivity index (χ4n) is 3.28. The molecule has 0 aliphatic rings. The van der Waals surface area contributed by atoms with Gasteiger partial charge in [0.25, 0.3) is 0 Å². The number of carboxylic acids is 2. The van der Waals surface area contributed by atoms with Crippen LogP contribution in [0, 0.1) is 0 Å². The molecule has 0 fully saturated rings. The summed E-state index contributed by atoms with van der Waals surface area (Å²) in [6.45, 7) is -0.725. The minimum atomic E-state index is -1.50. The van der Waals surface area contributed by atoms with E-state index in [1.54, 1.807) is 30.3 Å². The van der Waals surface area contributed by atoms with E-state index in [0.717, 1.165) is 5.56 Å². The van der Waals surface area contributed by atoms with E-state index >= 15 is 0 Å². The van der Waals surface area contributed by atoms with Crippen molar-refractivity contribution in [3.63, 3.8) is 0 Å². The Hall–Kier alpha value is -4.24. The SMILES string of the molecule is NC(N)=NCCCC(NC(=O)C(CCC(=O)O)NC(=O)C(CO)NC(=O)C(N)Cc1ccccc1)C(=O)O. The van der Waals surface area contributed by atoms with Crippen LogP contribution in [0.15, 0.2) is 35.3 Å². The van der Waals surface area contributed by atoms with Crippen LogP contribution in [0.5, 0.6) is 0 Å². The summed E-state index contributed by atoms with van der Waals surface area (Å²) >= 11 is 0. The number of rotatable bonds is 17. The molecule has 0 aliphatic heterocycles. The van der Waals surface area contributed by atoms with Gasteiger partial charge >= 0.3 is 11.9 Å².